The van der Waals surface area contributed by atoms with Crippen LogP contribution in [0.15, 0.2) is 10.5 Å². The number of hydrogen-bond donors (Lipinski definition) is 1. The van der Waals surface area contributed by atoms with Gasteiger partial charge in [-0.25, -0.2) is 0 Å². The fourth-order valence-electron chi connectivity index (χ4n) is 2.26. The van der Waals surface area contributed by atoms with Gasteiger partial charge in [0.05, 0.1) is 5.92 Å². The lowest BCUT2D eigenvalue weighted by molar-refractivity contribution is -0.139. The third-order valence-electron chi connectivity index (χ3n) is 3.28. The zero-order chi connectivity index (χ0) is 11.4. The molecule has 1 heterocycles. The number of carboxylic acids is 1. The van der Waals surface area contributed by atoms with Gasteiger partial charge in [-0.3, -0.25) is 4.79 Å². The SMILES string of the molecule is Cc1sc([C@@H]2[C@@H](C(=O)O)C2(C)C)cc1Br. The standard InChI is InChI=1S/C11H13BrO2S/c1-5-6(12)4-7(15-5)8-9(10(13)14)11(8,2)3/h4,8-9H,1-3H3,(H,13,14)/t8-,9+/m1/s1. The predicted molar refractivity (Wildman–Crippen MR) is 64.4 cm³/mol. The molecule has 0 bridgehead atoms. The molecule has 0 saturated heterocycles. The molecule has 82 valence electrons. The van der Waals surface area contributed by atoms with Gasteiger partial charge < -0.3 is 5.11 Å². The molecule has 0 aromatic carbocycles. The molecule has 2 atom stereocenters. The third kappa shape index (κ3) is 1.64. The Balaban J connectivity index is 2.31. The van der Waals surface area contributed by atoms with Gasteiger partial charge in [-0.15, -0.1) is 11.3 Å². The van der Waals surface area contributed by atoms with Crippen molar-refractivity contribution in [2.45, 2.75) is 26.7 Å². The van der Waals surface area contributed by atoms with Gasteiger partial charge in [0.25, 0.3) is 0 Å². The number of thiophene rings is 1. The van der Waals surface area contributed by atoms with E-state index in [0.29, 0.717) is 0 Å². The van der Waals surface area contributed by atoms with Crippen LogP contribution < -0.4 is 0 Å². The number of aliphatic carboxylic acids is 1. The Morgan fingerprint density at radius 1 is 1.60 bits per heavy atom. The van der Waals surface area contributed by atoms with E-state index in [2.05, 4.69) is 22.0 Å². The maximum atomic E-state index is 11.0. The van der Waals surface area contributed by atoms with Gasteiger partial charge in [-0.1, -0.05) is 13.8 Å². The number of halogens is 1. The summed E-state index contributed by atoms with van der Waals surface area (Å²) in [6, 6.07) is 2.06. The number of aryl methyl sites for hydroxylation is 1. The van der Waals surface area contributed by atoms with Crippen LogP contribution in [0.2, 0.25) is 0 Å². The Morgan fingerprint density at radius 3 is 2.53 bits per heavy atom. The largest absolute Gasteiger partial charge is 0.481 e. The van der Waals surface area contributed by atoms with E-state index in [1.54, 1.807) is 11.3 Å². The minimum absolute atomic E-state index is 0.0947. The molecule has 2 rings (SSSR count). The zero-order valence-electron chi connectivity index (χ0n) is 8.87. The van der Waals surface area contributed by atoms with Crippen molar-refractivity contribution in [3.05, 3.63) is 20.3 Å². The normalized spacial score (nSPS) is 27.7. The van der Waals surface area contributed by atoms with Gasteiger partial charge in [-0.2, -0.15) is 0 Å². The number of hydrogen-bond acceptors (Lipinski definition) is 2. The first kappa shape index (κ1) is 11.1. The van der Waals surface area contributed by atoms with Crippen LogP contribution in [-0.2, 0) is 4.79 Å². The van der Waals surface area contributed by atoms with Gasteiger partial charge in [0, 0.05) is 20.1 Å². The van der Waals surface area contributed by atoms with Crippen LogP contribution in [-0.4, -0.2) is 11.1 Å². The minimum Gasteiger partial charge on any atom is -0.481 e. The van der Waals surface area contributed by atoms with Gasteiger partial charge in [0.2, 0.25) is 0 Å². The van der Waals surface area contributed by atoms with Crippen molar-refractivity contribution in [3.8, 4) is 0 Å². The Labute approximate surface area is 101 Å². The Morgan fingerprint density at radius 2 is 2.20 bits per heavy atom. The molecular weight excluding hydrogens is 276 g/mol. The number of carbonyl (C=O) groups is 1. The molecule has 0 radical (unpaired) electrons. The fourth-order valence-corrected chi connectivity index (χ4v) is 4.16. The van der Waals surface area contributed by atoms with Crippen LogP contribution in [0.3, 0.4) is 0 Å². The van der Waals surface area contributed by atoms with Crippen LogP contribution in [0.4, 0.5) is 0 Å². The molecule has 4 heteroatoms. The number of rotatable bonds is 2. The summed E-state index contributed by atoms with van der Waals surface area (Å²) in [4.78, 5) is 13.5. The molecule has 15 heavy (non-hydrogen) atoms. The lowest BCUT2D eigenvalue weighted by atomic mass is 10.1. The second-order valence-electron chi connectivity index (χ2n) is 4.67. The van der Waals surface area contributed by atoms with Crippen LogP contribution in [0, 0.1) is 18.3 Å². The maximum absolute atomic E-state index is 11.0. The highest BCUT2D eigenvalue weighted by atomic mass is 79.9. The molecule has 2 nitrogen and oxygen atoms in total. The van der Waals surface area contributed by atoms with E-state index in [4.69, 9.17) is 5.11 Å². The average Bonchev–Trinajstić information content (AvgIpc) is 2.52. The van der Waals surface area contributed by atoms with Gasteiger partial charge in [0.15, 0.2) is 0 Å². The van der Waals surface area contributed by atoms with E-state index in [1.165, 1.54) is 9.75 Å². The quantitative estimate of drug-likeness (QED) is 0.902. The monoisotopic (exact) mass is 288 g/mol. The van der Waals surface area contributed by atoms with E-state index in [-0.39, 0.29) is 17.3 Å². The molecule has 1 aliphatic rings. The van der Waals surface area contributed by atoms with Gasteiger partial charge in [-0.05, 0) is 34.3 Å². The molecular formula is C11H13BrO2S. The second-order valence-corrected chi connectivity index (χ2v) is 6.81. The molecule has 0 unspecified atom stereocenters. The molecule has 1 fully saturated rings. The van der Waals surface area contributed by atoms with Crippen molar-refractivity contribution in [3.63, 3.8) is 0 Å². The summed E-state index contributed by atoms with van der Waals surface area (Å²) < 4.78 is 1.09. The topological polar surface area (TPSA) is 37.3 Å². The first-order valence-electron chi connectivity index (χ1n) is 4.84. The Hall–Kier alpha value is -0.350. The first-order valence-corrected chi connectivity index (χ1v) is 6.45. The zero-order valence-corrected chi connectivity index (χ0v) is 11.3. The number of carboxylic acid groups (broad SMARTS) is 1. The highest BCUT2D eigenvalue weighted by Crippen LogP contribution is 2.65. The van der Waals surface area contributed by atoms with Crippen molar-refractivity contribution in [2.24, 2.45) is 11.3 Å². The summed E-state index contributed by atoms with van der Waals surface area (Å²) in [5.74, 6) is -0.709. The van der Waals surface area contributed by atoms with E-state index in [0.717, 1.165) is 4.47 Å². The molecule has 0 aliphatic heterocycles. The summed E-state index contributed by atoms with van der Waals surface area (Å²) in [6.45, 7) is 6.10. The van der Waals surface area contributed by atoms with Crippen molar-refractivity contribution >= 4 is 33.2 Å². The minimum atomic E-state index is -0.674. The highest BCUT2D eigenvalue weighted by molar-refractivity contribution is 9.10. The smallest absolute Gasteiger partial charge is 0.307 e. The second kappa shape index (κ2) is 3.32. The molecule has 1 aromatic rings. The Kier molecular flexibility index (Phi) is 2.47. The van der Waals surface area contributed by atoms with E-state index in [1.807, 2.05) is 20.8 Å². The average molecular weight is 289 g/mol. The summed E-state index contributed by atoms with van der Waals surface area (Å²) in [6.07, 6.45) is 0. The molecule has 1 N–H and O–H groups in total. The molecule has 0 amide bonds. The van der Waals surface area contributed by atoms with Crippen molar-refractivity contribution in [2.75, 3.05) is 0 Å². The van der Waals surface area contributed by atoms with Crippen LogP contribution >= 0.6 is 27.3 Å². The lowest BCUT2D eigenvalue weighted by Gasteiger charge is -1.98. The summed E-state index contributed by atoms with van der Waals surface area (Å²) >= 11 is 5.17. The van der Waals surface area contributed by atoms with Crippen LogP contribution in [0.1, 0.15) is 29.5 Å². The maximum Gasteiger partial charge on any atom is 0.307 e. The van der Waals surface area contributed by atoms with Crippen molar-refractivity contribution in [1.82, 2.24) is 0 Å². The van der Waals surface area contributed by atoms with E-state index < -0.39 is 5.97 Å². The summed E-state index contributed by atoms with van der Waals surface area (Å²) in [5, 5.41) is 9.09. The molecule has 1 aromatic heterocycles. The van der Waals surface area contributed by atoms with Crippen molar-refractivity contribution in [1.29, 1.82) is 0 Å². The fraction of sp³-hybridized carbons (Fsp3) is 0.545. The van der Waals surface area contributed by atoms with E-state index >= 15 is 0 Å². The third-order valence-corrected chi connectivity index (χ3v) is 5.50. The predicted octanol–water partition coefficient (Wildman–Crippen LogP) is 3.64. The first-order chi connectivity index (χ1) is 6.85. The van der Waals surface area contributed by atoms with E-state index in [9.17, 15) is 4.79 Å². The van der Waals surface area contributed by atoms with Crippen LogP contribution in [0.25, 0.3) is 0 Å². The molecule has 1 saturated carbocycles. The lowest BCUT2D eigenvalue weighted by Crippen LogP contribution is -2.02. The molecule has 0 spiro atoms. The van der Waals surface area contributed by atoms with Crippen molar-refractivity contribution < 1.29 is 9.90 Å². The molecule has 1 aliphatic carbocycles. The Bertz CT molecular complexity index is 403. The highest BCUT2D eigenvalue weighted by Gasteiger charge is 2.63. The van der Waals surface area contributed by atoms with Crippen LogP contribution in [0.5, 0.6) is 0 Å². The summed E-state index contributed by atoms with van der Waals surface area (Å²) in [5.41, 5.74) is -0.0947. The van der Waals surface area contributed by atoms with Gasteiger partial charge in [0.1, 0.15) is 0 Å². The van der Waals surface area contributed by atoms with Gasteiger partial charge >= 0.3 is 5.97 Å². The summed E-state index contributed by atoms with van der Waals surface area (Å²) in [7, 11) is 0.